The SMILES string of the molecule is C=N/C=C\C(=C/C)N=Cc1ccc(C=Nc2ccncc2)cc1. The van der Waals surface area contributed by atoms with Crippen molar-refractivity contribution >= 4 is 24.8 Å². The maximum absolute atomic E-state index is 4.39. The van der Waals surface area contributed by atoms with Crippen LogP contribution < -0.4 is 0 Å². The van der Waals surface area contributed by atoms with E-state index in [-0.39, 0.29) is 0 Å². The topological polar surface area (TPSA) is 50.0 Å². The molecule has 23 heavy (non-hydrogen) atoms. The second kappa shape index (κ2) is 9.00. The second-order valence-corrected chi connectivity index (χ2v) is 4.60. The minimum Gasteiger partial charge on any atom is -0.272 e. The highest BCUT2D eigenvalue weighted by molar-refractivity contribution is 5.85. The molecule has 0 unspecified atom stereocenters. The molecule has 2 rings (SSSR count). The van der Waals surface area contributed by atoms with Crippen LogP contribution in [0.15, 0.2) is 87.8 Å². The van der Waals surface area contributed by atoms with E-state index >= 15 is 0 Å². The highest BCUT2D eigenvalue weighted by Crippen LogP contribution is 2.09. The summed E-state index contributed by atoms with van der Waals surface area (Å²) in [5, 5.41) is 0. The summed E-state index contributed by atoms with van der Waals surface area (Å²) < 4.78 is 0. The average molecular weight is 302 g/mol. The quantitative estimate of drug-likeness (QED) is 0.577. The molecule has 0 N–H and O–H groups in total. The van der Waals surface area contributed by atoms with Gasteiger partial charge in [0.25, 0.3) is 0 Å². The maximum Gasteiger partial charge on any atom is 0.0660 e. The third kappa shape index (κ3) is 5.63. The number of allylic oxidation sites excluding steroid dienone is 2. The molecule has 4 heteroatoms. The fraction of sp³-hybridized carbons (Fsp3) is 0.0526. The van der Waals surface area contributed by atoms with Gasteiger partial charge >= 0.3 is 0 Å². The molecule has 0 aliphatic heterocycles. The van der Waals surface area contributed by atoms with E-state index in [0.717, 1.165) is 22.5 Å². The summed E-state index contributed by atoms with van der Waals surface area (Å²) in [5.41, 5.74) is 3.76. The van der Waals surface area contributed by atoms with Gasteiger partial charge in [0.2, 0.25) is 0 Å². The van der Waals surface area contributed by atoms with Gasteiger partial charge in [0.1, 0.15) is 0 Å². The zero-order chi connectivity index (χ0) is 16.3. The fourth-order valence-electron chi connectivity index (χ4n) is 1.74. The Hall–Kier alpha value is -3.14. The maximum atomic E-state index is 4.39. The Morgan fingerprint density at radius 1 is 1.00 bits per heavy atom. The summed E-state index contributed by atoms with van der Waals surface area (Å²) in [5.74, 6) is 0. The van der Waals surface area contributed by atoms with E-state index in [1.54, 1.807) is 24.7 Å². The van der Waals surface area contributed by atoms with E-state index in [1.165, 1.54) is 0 Å². The summed E-state index contributed by atoms with van der Waals surface area (Å²) in [6.45, 7) is 5.33. The molecule has 1 aromatic carbocycles. The Morgan fingerprint density at radius 2 is 1.65 bits per heavy atom. The summed E-state index contributed by atoms with van der Waals surface area (Å²) in [7, 11) is 0. The predicted octanol–water partition coefficient (Wildman–Crippen LogP) is 4.37. The Labute approximate surface area is 136 Å². The first-order valence-corrected chi connectivity index (χ1v) is 7.19. The second-order valence-electron chi connectivity index (χ2n) is 4.60. The van der Waals surface area contributed by atoms with Crippen molar-refractivity contribution in [2.75, 3.05) is 0 Å². The van der Waals surface area contributed by atoms with Gasteiger partial charge in [-0.3, -0.25) is 20.0 Å². The molecule has 0 radical (unpaired) electrons. The molecule has 2 aromatic rings. The van der Waals surface area contributed by atoms with Crippen LogP contribution in [-0.2, 0) is 0 Å². The van der Waals surface area contributed by atoms with Crippen molar-refractivity contribution < 1.29 is 0 Å². The van der Waals surface area contributed by atoms with Gasteiger partial charge in [0, 0.05) is 31.0 Å². The molecule has 0 saturated heterocycles. The van der Waals surface area contributed by atoms with E-state index in [9.17, 15) is 0 Å². The Morgan fingerprint density at radius 3 is 2.26 bits per heavy atom. The van der Waals surface area contributed by atoms with Crippen molar-refractivity contribution in [1.82, 2.24) is 4.98 Å². The van der Waals surface area contributed by atoms with Crippen LogP contribution in [0, 0.1) is 0 Å². The molecule has 0 saturated carbocycles. The Kier molecular flexibility index (Phi) is 6.35. The van der Waals surface area contributed by atoms with Gasteiger partial charge in [0.05, 0.1) is 11.4 Å². The largest absolute Gasteiger partial charge is 0.272 e. The van der Waals surface area contributed by atoms with Gasteiger partial charge < -0.3 is 0 Å². The van der Waals surface area contributed by atoms with E-state index in [2.05, 4.69) is 26.7 Å². The minimum absolute atomic E-state index is 0.834. The predicted molar refractivity (Wildman–Crippen MR) is 98.0 cm³/mol. The molecule has 0 amide bonds. The van der Waals surface area contributed by atoms with Gasteiger partial charge in [-0.2, -0.15) is 0 Å². The highest BCUT2D eigenvalue weighted by Gasteiger charge is 1.91. The molecule has 0 aliphatic rings. The first-order valence-electron chi connectivity index (χ1n) is 7.19. The summed E-state index contributed by atoms with van der Waals surface area (Å²) >= 11 is 0. The number of rotatable bonds is 6. The molecule has 4 nitrogen and oxygen atoms in total. The van der Waals surface area contributed by atoms with Gasteiger partial charge in [-0.15, -0.1) is 0 Å². The molecular formula is C19H18N4. The number of hydrogen-bond donors (Lipinski definition) is 0. The van der Waals surface area contributed by atoms with Crippen LogP contribution in [-0.4, -0.2) is 24.1 Å². The molecule has 0 aliphatic carbocycles. The lowest BCUT2D eigenvalue weighted by Gasteiger charge is -1.97. The van der Waals surface area contributed by atoms with Crippen molar-refractivity contribution in [1.29, 1.82) is 0 Å². The van der Waals surface area contributed by atoms with Gasteiger partial charge in [-0.1, -0.05) is 30.3 Å². The van der Waals surface area contributed by atoms with Crippen molar-refractivity contribution in [2.24, 2.45) is 15.0 Å². The van der Waals surface area contributed by atoms with Crippen LogP contribution in [0.5, 0.6) is 0 Å². The van der Waals surface area contributed by atoms with Crippen molar-refractivity contribution in [2.45, 2.75) is 6.92 Å². The van der Waals surface area contributed by atoms with Crippen molar-refractivity contribution in [3.8, 4) is 0 Å². The van der Waals surface area contributed by atoms with Crippen LogP contribution in [0.4, 0.5) is 5.69 Å². The number of aliphatic imine (C=N–C) groups is 3. The molecule has 0 bridgehead atoms. The minimum atomic E-state index is 0.834. The first kappa shape index (κ1) is 16.2. The molecule has 114 valence electrons. The van der Waals surface area contributed by atoms with Crippen LogP contribution in [0.25, 0.3) is 0 Å². The molecule has 0 atom stereocenters. The summed E-state index contributed by atoms with van der Waals surface area (Å²) in [6.07, 6.45) is 12.4. The summed E-state index contributed by atoms with van der Waals surface area (Å²) in [4.78, 5) is 16.4. The number of benzene rings is 1. The van der Waals surface area contributed by atoms with Gasteiger partial charge in [-0.25, -0.2) is 0 Å². The lowest BCUT2D eigenvalue weighted by atomic mass is 10.1. The first-order chi connectivity index (χ1) is 11.3. The van der Waals surface area contributed by atoms with Gasteiger partial charge in [0.15, 0.2) is 0 Å². The smallest absolute Gasteiger partial charge is 0.0660 e. The molecular weight excluding hydrogens is 284 g/mol. The molecule has 0 spiro atoms. The van der Waals surface area contributed by atoms with Crippen LogP contribution in [0.1, 0.15) is 18.1 Å². The van der Waals surface area contributed by atoms with Crippen molar-refractivity contribution in [3.63, 3.8) is 0 Å². The Balaban J connectivity index is 2.03. The highest BCUT2D eigenvalue weighted by atomic mass is 14.7. The zero-order valence-electron chi connectivity index (χ0n) is 13.0. The zero-order valence-corrected chi connectivity index (χ0v) is 13.0. The molecule has 1 aromatic heterocycles. The van der Waals surface area contributed by atoms with E-state index in [0.29, 0.717) is 0 Å². The number of nitrogens with zero attached hydrogens (tertiary/aromatic N) is 4. The lowest BCUT2D eigenvalue weighted by molar-refractivity contribution is 1.32. The number of hydrogen-bond acceptors (Lipinski definition) is 4. The van der Waals surface area contributed by atoms with Crippen molar-refractivity contribution in [3.05, 3.63) is 84.0 Å². The third-order valence-electron chi connectivity index (χ3n) is 2.97. The van der Waals surface area contributed by atoms with Crippen LogP contribution >= 0.6 is 0 Å². The monoisotopic (exact) mass is 302 g/mol. The normalized spacial score (nSPS) is 12.5. The van der Waals surface area contributed by atoms with Crippen LogP contribution in [0.3, 0.4) is 0 Å². The number of aromatic nitrogens is 1. The molecule has 0 fully saturated rings. The number of pyridine rings is 1. The molecule has 1 heterocycles. The van der Waals surface area contributed by atoms with Crippen LogP contribution in [0.2, 0.25) is 0 Å². The van der Waals surface area contributed by atoms with Gasteiger partial charge in [-0.05, 0) is 43.0 Å². The van der Waals surface area contributed by atoms with E-state index in [4.69, 9.17) is 0 Å². The fourth-order valence-corrected chi connectivity index (χ4v) is 1.74. The standard InChI is InChI=1S/C19H18N4/c1-3-18(8-11-20-2)22-14-16-4-6-17(7-5-16)15-23-19-9-12-21-13-10-19/h3-15H,2H2,1H3/b11-8-,18-3+,22-14?,23-15?. The lowest BCUT2D eigenvalue weighted by Crippen LogP contribution is -1.85. The Bertz CT molecular complexity index is 739. The third-order valence-corrected chi connectivity index (χ3v) is 2.97. The average Bonchev–Trinajstić information content (AvgIpc) is 2.62. The van der Waals surface area contributed by atoms with E-state index in [1.807, 2.05) is 61.8 Å². The van der Waals surface area contributed by atoms with E-state index < -0.39 is 0 Å². The summed E-state index contributed by atoms with van der Waals surface area (Å²) in [6, 6.07) is 11.7.